The molecule has 0 amide bonds. The van der Waals surface area contributed by atoms with Crippen molar-refractivity contribution in [3.05, 3.63) is 374 Å². The van der Waals surface area contributed by atoms with Crippen LogP contribution in [-0.4, -0.2) is 0 Å². The van der Waals surface area contributed by atoms with Gasteiger partial charge >= 0.3 is 0 Å². The smallest absolute Gasteiger partial charge is 0.0355 e. The van der Waals surface area contributed by atoms with Crippen molar-refractivity contribution in [3.63, 3.8) is 0 Å². The van der Waals surface area contributed by atoms with Crippen LogP contribution < -0.4 is 0 Å². The number of benzene rings is 19. The molecular weight excluding hydrogens is 1280 g/mol. The lowest BCUT2D eigenvalue weighted by molar-refractivity contribution is 0.661. The predicted octanol–water partition coefficient (Wildman–Crippen LogP) is 29.6. The highest BCUT2D eigenvalue weighted by atomic mass is 32.1. The minimum Gasteiger partial charge on any atom is -0.135 e. The quantitative estimate of drug-likeness (QED) is 0.115. The molecule has 0 aliphatic heterocycles. The van der Waals surface area contributed by atoms with Gasteiger partial charge in [-0.1, -0.05) is 319 Å². The van der Waals surface area contributed by atoms with E-state index in [1.807, 2.05) is 11.3 Å². The molecule has 2 aliphatic rings. The highest BCUT2D eigenvalue weighted by Gasteiger charge is 2.37. The van der Waals surface area contributed by atoms with Crippen LogP contribution in [0.1, 0.15) is 49.9 Å². The fraction of sp³-hybridized carbons (Fsp3) is 0.0577. The average Bonchev–Trinajstić information content (AvgIpc) is 1.04. The summed E-state index contributed by atoms with van der Waals surface area (Å²) in [6.07, 6.45) is 0. The second-order valence-corrected chi connectivity index (χ2v) is 31.2. The van der Waals surface area contributed by atoms with Gasteiger partial charge in [-0.15, -0.1) is 11.3 Å². The Hall–Kier alpha value is -12.5. The van der Waals surface area contributed by atoms with E-state index in [-0.39, 0.29) is 10.8 Å². The fourth-order valence-electron chi connectivity index (χ4n) is 18.4. The number of thiophene rings is 1. The Kier molecular flexibility index (Phi) is 13.7. The van der Waals surface area contributed by atoms with Crippen molar-refractivity contribution in [2.75, 3.05) is 0 Å². The molecular formula is C104H70S. The summed E-state index contributed by atoms with van der Waals surface area (Å²) in [5, 5.41) is 23.2. The summed E-state index contributed by atoms with van der Waals surface area (Å²) in [5.74, 6) is 0. The highest BCUT2D eigenvalue weighted by Crippen LogP contribution is 2.54. The molecule has 0 saturated heterocycles. The first-order chi connectivity index (χ1) is 51.6. The minimum absolute atomic E-state index is 0.0331. The van der Waals surface area contributed by atoms with Gasteiger partial charge in [0, 0.05) is 31.0 Å². The number of rotatable bonds is 6. The van der Waals surface area contributed by atoms with Gasteiger partial charge in [0.05, 0.1) is 0 Å². The van der Waals surface area contributed by atoms with Crippen molar-refractivity contribution < 1.29 is 0 Å². The molecule has 22 rings (SSSR count). The van der Waals surface area contributed by atoms with Crippen molar-refractivity contribution >= 4 is 118 Å². The van der Waals surface area contributed by atoms with Crippen LogP contribution in [0.25, 0.3) is 195 Å². The van der Waals surface area contributed by atoms with Crippen molar-refractivity contribution in [1.82, 2.24) is 0 Å². The topological polar surface area (TPSA) is 0 Å². The largest absolute Gasteiger partial charge is 0.135 e. The maximum atomic E-state index is 2.42. The Labute approximate surface area is 615 Å². The molecule has 1 heterocycles. The van der Waals surface area contributed by atoms with Crippen molar-refractivity contribution in [2.45, 2.75) is 38.5 Å². The normalized spacial score (nSPS) is 13.3. The zero-order chi connectivity index (χ0) is 69.8. The molecule has 0 unspecified atom stereocenters. The average molecular weight is 1350 g/mol. The second-order valence-electron chi connectivity index (χ2n) is 30.1. The summed E-state index contributed by atoms with van der Waals surface area (Å²) in [6, 6.07) is 132. The summed E-state index contributed by atoms with van der Waals surface area (Å²) in [4.78, 5) is 0. The van der Waals surface area contributed by atoms with Gasteiger partial charge in [0.1, 0.15) is 0 Å². The van der Waals surface area contributed by atoms with Gasteiger partial charge in [-0.25, -0.2) is 0 Å². The van der Waals surface area contributed by atoms with E-state index in [1.54, 1.807) is 0 Å². The zero-order valence-electron chi connectivity index (χ0n) is 58.9. The Morgan fingerprint density at radius 2 is 0.457 bits per heavy atom. The predicted molar refractivity (Wildman–Crippen MR) is 454 cm³/mol. The molecule has 0 nitrogen and oxygen atoms in total. The molecule has 0 saturated carbocycles. The van der Waals surface area contributed by atoms with Crippen molar-refractivity contribution in [2.24, 2.45) is 0 Å². The number of hydrogen-bond donors (Lipinski definition) is 0. The van der Waals surface area contributed by atoms with E-state index in [1.165, 1.54) is 218 Å². The lowest BCUT2D eigenvalue weighted by atomic mass is 9.81. The lowest BCUT2D eigenvalue weighted by Crippen LogP contribution is -2.14. The molecule has 0 bridgehead atoms. The second kappa shape index (κ2) is 23.5. The summed E-state index contributed by atoms with van der Waals surface area (Å²) in [5.41, 5.74) is 26.1. The standard InChI is InChI=1S/C53H36.C51H34S/c1-53(2)49-28-27-39(30-47(49)48-29-37-12-3-4-13-38(37)32-50(48)53)33-19-24-36(25-20-33)51-42-15-7-9-17-44(42)52(45-18-10-8-16-43(45)51)40-26-23-35-22-21-34-11-5-6-14-41(34)46(35)31-40;1-51(2)45-25-23-35(28-42(45)43-27-33-11-3-4-12-34(33)30-46(43)51)31-19-21-32(22-20-31)49-38-14-5-7-16-40(38)50(41-17-8-6-15-39(41)49)36-24-26-48-44(29-36)37-13-9-10-18-47(37)52-48/h3-32H,1-2H3;3-30H,1-2H3. The van der Waals surface area contributed by atoms with E-state index in [2.05, 4.69) is 380 Å². The Morgan fingerprint density at radius 3 is 0.895 bits per heavy atom. The Bertz CT molecular complexity index is 6940. The molecule has 1 heteroatoms. The van der Waals surface area contributed by atoms with Gasteiger partial charge in [-0.3, -0.25) is 0 Å². The summed E-state index contributed by atoms with van der Waals surface area (Å²) in [6.45, 7) is 9.46. The van der Waals surface area contributed by atoms with E-state index in [9.17, 15) is 0 Å². The van der Waals surface area contributed by atoms with E-state index >= 15 is 0 Å². The fourth-order valence-corrected chi connectivity index (χ4v) is 19.5. The van der Waals surface area contributed by atoms with Crippen LogP contribution >= 0.6 is 11.3 Å². The summed E-state index contributed by atoms with van der Waals surface area (Å²) >= 11 is 1.87. The monoisotopic (exact) mass is 1350 g/mol. The number of hydrogen-bond acceptors (Lipinski definition) is 1. The molecule has 0 radical (unpaired) electrons. The molecule has 1 aromatic heterocycles. The lowest BCUT2D eigenvalue weighted by Gasteiger charge is -2.22. The van der Waals surface area contributed by atoms with Gasteiger partial charge in [-0.2, -0.15) is 0 Å². The van der Waals surface area contributed by atoms with Gasteiger partial charge in [0.25, 0.3) is 0 Å². The molecule has 0 atom stereocenters. The first-order valence-electron chi connectivity index (χ1n) is 36.8. The molecule has 0 spiro atoms. The molecule has 492 valence electrons. The third kappa shape index (κ3) is 9.58. The van der Waals surface area contributed by atoms with Crippen LogP contribution in [-0.2, 0) is 10.8 Å². The maximum Gasteiger partial charge on any atom is 0.0355 e. The molecule has 20 aromatic rings. The third-order valence-electron chi connectivity index (χ3n) is 23.7. The van der Waals surface area contributed by atoms with E-state index in [0.717, 1.165) is 0 Å². The summed E-state index contributed by atoms with van der Waals surface area (Å²) < 4.78 is 2.67. The maximum absolute atomic E-state index is 2.42. The van der Waals surface area contributed by atoms with Crippen LogP contribution in [0.5, 0.6) is 0 Å². The van der Waals surface area contributed by atoms with Gasteiger partial charge in [0.15, 0.2) is 0 Å². The van der Waals surface area contributed by atoms with E-state index in [4.69, 9.17) is 0 Å². The first-order valence-corrected chi connectivity index (χ1v) is 37.7. The molecule has 2 aliphatic carbocycles. The Balaban J connectivity index is 0.000000135. The molecule has 0 fully saturated rings. The van der Waals surface area contributed by atoms with E-state index in [0.29, 0.717) is 0 Å². The van der Waals surface area contributed by atoms with Gasteiger partial charge in [-0.05, 0) is 258 Å². The highest BCUT2D eigenvalue weighted by molar-refractivity contribution is 7.25. The molecule has 0 N–H and O–H groups in total. The van der Waals surface area contributed by atoms with Crippen molar-refractivity contribution in [1.29, 1.82) is 0 Å². The Morgan fingerprint density at radius 1 is 0.171 bits per heavy atom. The van der Waals surface area contributed by atoms with Gasteiger partial charge in [0.2, 0.25) is 0 Å². The van der Waals surface area contributed by atoms with Crippen LogP contribution in [0.4, 0.5) is 0 Å². The SMILES string of the molecule is CC1(C)c2ccc(-c3ccc(-c4c5ccccc5c(-c5ccc6ccc7ccccc7c6c5)c5ccccc45)cc3)cc2-c2cc3ccccc3cc21.CC1(C)c2ccc(-c3ccc(-c4c5ccccc5c(-c5ccc6sc7ccccc7c6c5)c5ccccc45)cc3)cc2-c2cc3ccccc3cc21. The van der Waals surface area contributed by atoms with E-state index < -0.39 is 0 Å². The molecule has 19 aromatic carbocycles. The number of fused-ring (bicyclic) bond motifs is 18. The molecule has 105 heavy (non-hydrogen) atoms. The minimum atomic E-state index is -0.0357. The zero-order valence-corrected chi connectivity index (χ0v) is 59.7. The van der Waals surface area contributed by atoms with Crippen LogP contribution in [0.2, 0.25) is 0 Å². The van der Waals surface area contributed by atoms with Crippen LogP contribution in [0, 0.1) is 0 Å². The van der Waals surface area contributed by atoms with Crippen molar-refractivity contribution in [3.8, 4) is 89.0 Å². The van der Waals surface area contributed by atoms with Crippen LogP contribution in [0.3, 0.4) is 0 Å². The first kappa shape index (κ1) is 61.2. The van der Waals surface area contributed by atoms with Gasteiger partial charge < -0.3 is 0 Å². The third-order valence-corrected chi connectivity index (χ3v) is 24.8. The van der Waals surface area contributed by atoms with Crippen LogP contribution in [0.15, 0.2) is 352 Å². The summed E-state index contributed by atoms with van der Waals surface area (Å²) in [7, 11) is 0.